The molecule has 2 saturated heterocycles. The first-order valence-electron chi connectivity index (χ1n) is 11.5. The Morgan fingerprint density at radius 2 is 2.00 bits per heavy atom. The van der Waals surface area contributed by atoms with Crippen molar-refractivity contribution >= 4 is 5.91 Å². The van der Waals surface area contributed by atoms with Gasteiger partial charge in [0.2, 0.25) is 5.91 Å². The van der Waals surface area contributed by atoms with Crippen molar-refractivity contribution in [1.82, 2.24) is 14.9 Å². The first kappa shape index (κ1) is 23.0. The fourth-order valence-corrected chi connectivity index (χ4v) is 4.49. The van der Waals surface area contributed by atoms with E-state index in [2.05, 4.69) is 35.8 Å². The fourth-order valence-electron chi connectivity index (χ4n) is 4.49. The largest absolute Gasteiger partial charge is 0.496 e. The number of nitrogens with zero attached hydrogens (tertiary/aromatic N) is 3. The SMILES string of the molecule is COc1ccccc1CN1CCC(CN(CC(C)C)C(=O)CCN2CCCO2)CC1. The van der Waals surface area contributed by atoms with Crippen LogP contribution in [0.4, 0.5) is 0 Å². The molecule has 0 aromatic heterocycles. The predicted octanol–water partition coefficient (Wildman–Crippen LogP) is 3.42. The Kier molecular flexibility index (Phi) is 8.97. The lowest BCUT2D eigenvalue weighted by Gasteiger charge is -2.35. The van der Waals surface area contributed by atoms with E-state index in [4.69, 9.17) is 9.57 Å². The number of hydrogen-bond acceptors (Lipinski definition) is 5. The average Bonchev–Trinajstić information content (AvgIpc) is 3.26. The summed E-state index contributed by atoms with van der Waals surface area (Å²) in [5, 5.41) is 1.95. The highest BCUT2D eigenvalue weighted by molar-refractivity contribution is 5.76. The number of likely N-dealkylation sites (tertiary alicyclic amines) is 1. The zero-order valence-electron chi connectivity index (χ0n) is 19.0. The van der Waals surface area contributed by atoms with Crippen LogP contribution in [0.1, 0.15) is 45.1 Å². The van der Waals surface area contributed by atoms with Gasteiger partial charge in [0.1, 0.15) is 5.75 Å². The van der Waals surface area contributed by atoms with E-state index in [1.165, 1.54) is 5.56 Å². The molecule has 0 radical (unpaired) electrons. The molecule has 0 unspecified atom stereocenters. The molecule has 0 spiro atoms. The van der Waals surface area contributed by atoms with E-state index in [0.717, 1.165) is 70.9 Å². The number of methoxy groups -OCH3 is 1. The van der Waals surface area contributed by atoms with Crippen LogP contribution in [-0.4, -0.2) is 73.8 Å². The third-order valence-electron chi connectivity index (χ3n) is 6.11. The molecule has 6 heteroatoms. The molecular formula is C24H39N3O3. The molecule has 168 valence electrons. The predicted molar refractivity (Wildman–Crippen MR) is 119 cm³/mol. The van der Waals surface area contributed by atoms with Gasteiger partial charge < -0.3 is 9.64 Å². The summed E-state index contributed by atoms with van der Waals surface area (Å²) in [5.41, 5.74) is 1.25. The van der Waals surface area contributed by atoms with Gasteiger partial charge in [0.05, 0.1) is 13.7 Å². The second kappa shape index (κ2) is 11.7. The quantitative estimate of drug-likeness (QED) is 0.584. The molecule has 2 aliphatic heterocycles. The number of benzene rings is 1. The van der Waals surface area contributed by atoms with E-state index >= 15 is 0 Å². The van der Waals surface area contributed by atoms with E-state index in [9.17, 15) is 4.79 Å². The smallest absolute Gasteiger partial charge is 0.223 e. The van der Waals surface area contributed by atoms with Crippen LogP contribution in [0.25, 0.3) is 0 Å². The highest BCUT2D eigenvalue weighted by atomic mass is 16.7. The van der Waals surface area contributed by atoms with Gasteiger partial charge in [-0.15, -0.1) is 0 Å². The summed E-state index contributed by atoms with van der Waals surface area (Å²) in [6.07, 6.45) is 3.91. The first-order valence-corrected chi connectivity index (χ1v) is 11.5. The summed E-state index contributed by atoms with van der Waals surface area (Å²) in [7, 11) is 1.74. The van der Waals surface area contributed by atoms with Gasteiger partial charge in [0.25, 0.3) is 0 Å². The number of amides is 1. The zero-order valence-corrected chi connectivity index (χ0v) is 19.0. The summed E-state index contributed by atoms with van der Waals surface area (Å²) >= 11 is 0. The molecule has 0 atom stereocenters. The van der Waals surface area contributed by atoms with Gasteiger partial charge in [-0.2, -0.15) is 5.06 Å². The summed E-state index contributed by atoms with van der Waals surface area (Å²) in [6.45, 7) is 11.7. The average molecular weight is 418 g/mol. The van der Waals surface area contributed by atoms with Crippen LogP contribution in [-0.2, 0) is 16.2 Å². The zero-order chi connectivity index (χ0) is 21.3. The van der Waals surface area contributed by atoms with E-state index in [1.807, 2.05) is 17.2 Å². The maximum atomic E-state index is 12.9. The first-order chi connectivity index (χ1) is 14.5. The standard InChI is InChI=1S/C24H39N3O3/c1-20(2)17-26(24(28)11-15-27-12-6-16-30-27)18-21-9-13-25(14-10-21)19-22-7-4-5-8-23(22)29-3/h4-5,7-8,20-21H,6,9-19H2,1-3H3. The maximum Gasteiger partial charge on any atom is 0.223 e. The molecule has 0 aliphatic carbocycles. The lowest BCUT2D eigenvalue weighted by molar-refractivity contribution is -0.140. The van der Waals surface area contributed by atoms with E-state index < -0.39 is 0 Å². The van der Waals surface area contributed by atoms with E-state index in [-0.39, 0.29) is 5.91 Å². The van der Waals surface area contributed by atoms with Crippen molar-refractivity contribution in [2.45, 2.75) is 46.1 Å². The van der Waals surface area contributed by atoms with Crippen LogP contribution >= 0.6 is 0 Å². The lowest BCUT2D eigenvalue weighted by Crippen LogP contribution is -2.42. The maximum absolute atomic E-state index is 12.9. The number of rotatable bonds is 10. The van der Waals surface area contributed by atoms with Crippen LogP contribution in [0.2, 0.25) is 0 Å². The number of piperidine rings is 1. The van der Waals surface area contributed by atoms with Crippen molar-refractivity contribution in [2.24, 2.45) is 11.8 Å². The molecule has 6 nitrogen and oxygen atoms in total. The minimum absolute atomic E-state index is 0.274. The minimum atomic E-state index is 0.274. The Balaban J connectivity index is 1.46. The molecule has 0 bridgehead atoms. The van der Waals surface area contributed by atoms with Gasteiger partial charge in [-0.3, -0.25) is 14.5 Å². The third kappa shape index (κ3) is 6.96. The van der Waals surface area contributed by atoms with Gasteiger partial charge in [0, 0.05) is 44.7 Å². The minimum Gasteiger partial charge on any atom is -0.496 e. The molecule has 2 aliphatic rings. The second-order valence-corrected chi connectivity index (χ2v) is 9.09. The molecule has 1 aromatic carbocycles. The van der Waals surface area contributed by atoms with Gasteiger partial charge in [-0.1, -0.05) is 32.0 Å². The lowest BCUT2D eigenvalue weighted by atomic mass is 9.95. The van der Waals surface area contributed by atoms with Crippen molar-refractivity contribution in [3.8, 4) is 5.75 Å². The number of hydrogen-bond donors (Lipinski definition) is 0. The second-order valence-electron chi connectivity index (χ2n) is 9.09. The van der Waals surface area contributed by atoms with Crippen LogP contribution in [0.3, 0.4) is 0 Å². The molecule has 30 heavy (non-hydrogen) atoms. The van der Waals surface area contributed by atoms with Crippen LogP contribution in [0.5, 0.6) is 5.75 Å². The Bertz CT molecular complexity index is 653. The molecule has 2 fully saturated rings. The monoisotopic (exact) mass is 417 g/mol. The summed E-state index contributed by atoms with van der Waals surface area (Å²) in [6, 6.07) is 8.28. The van der Waals surface area contributed by atoms with Gasteiger partial charge in [-0.25, -0.2) is 0 Å². The van der Waals surface area contributed by atoms with E-state index in [1.54, 1.807) is 7.11 Å². The van der Waals surface area contributed by atoms with Crippen molar-refractivity contribution in [1.29, 1.82) is 0 Å². The van der Waals surface area contributed by atoms with Crippen LogP contribution in [0, 0.1) is 11.8 Å². The normalized spacial score (nSPS) is 18.8. The van der Waals surface area contributed by atoms with Crippen molar-refractivity contribution < 1.29 is 14.4 Å². The molecule has 2 heterocycles. The Hall–Kier alpha value is -1.63. The molecule has 1 aromatic rings. The number of carbonyl (C=O) groups excluding carboxylic acids is 1. The fraction of sp³-hybridized carbons (Fsp3) is 0.708. The van der Waals surface area contributed by atoms with Crippen LogP contribution in [0.15, 0.2) is 24.3 Å². The van der Waals surface area contributed by atoms with Crippen LogP contribution < -0.4 is 4.74 Å². The summed E-state index contributed by atoms with van der Waals surface area (Å²) in [5.74, 6) is 2.32. The number of carbonyl (C=O) groups is 1. The highest BCUT2D eigenvalue weighted by Crippen LogP contribution is 2.24. The molecule has 3 rings (SSSR count). The highest BCUT2D eigenvalue weighted by Gasteiger charge is 2.25. The molecular weight excluding hydrogens is 378 g/mol. The van der Waals surface area contributed by atoms with Crippen molar-refractivity contribution in [2.75, 3.05) is 53.0 Å². The summed E-state index contributed by atoms with van der Waals surface area (Å²) in [4.78, 5) is 23.1. The third-order valence-corrected chi connectivity index (χ3v) is 6.11. The number of para-hydroxylation sites is 1. The Labute approximate surface area is 182 Å². The van der Waals surface area contributed by atoms with Gasteiger partial charge in [-0.05, 0) is 50.3 Å². The van der Waals surface area contributed by atoms with Crippen molar-refractivity contribution in [3.05, 3.63) is 29.8 Å². The number of hydroxylamine groups is 2. The molecule has 0 saturated carbocycles. The Morgan fingerprint density at radius 1 is 1.23 bits per heavy atom. The molecule has 1 amide bonds. The number of ether oxygens (including phenoxy) is 1. The van der Waals surface area contributed by atoms with Gasteiger partial charge >= 0.3 is 0 Å². The molecule has 0 N–H and O–H groups in total. The topological polar surface area (TPSA) is 45.2 Å². The Morgan fingerprint density at radius 3 is 2.67 bits per heavy atom. The van der Waals surface area contributed by atoms with Gasteiger partial charge in [0.15, 0.2) is 0 Å². The van der Waals surface area contributed by atoms with Crippen molar-refractivity contribution in [3.63, 3.8) is 0 Å². The summed E-state index contributed by atoms with van der Waals surface area (Å²) < 4.78 is 5.50. The van der Waals surface area contributed by atoms with E-state index in [0.29, 0.717) is 24.8 Å².